The zero-order chi connectivity index (χ0) is 17.6. The van der Waals surface area contributed by atoms with Gasteiger partial charge in [-0.1, -0.05) is 29.8 Å². The number of carbonyl (C=O) groups is 1. The summed E-state index contributed by atoms with van der Waals surface area (Å²) in [5.74, 6) is -0.415. The van der Waals surface area contributed by atoms with Crippen LogP contribution >= 0.6 is 0 Å². The lowest BCUT2D eigenvalue weighted by atomic mass is 10.2. The van der Waals surface area contributed by atoms with Crippen molar-refractivity contribution in [2.45, 2.75) is 18.7 Å². The number of nitrogens with one attached hydrogen (secondary N) is 1. The van der Waals surface area contributed by atoms with Crippen LogP contribution in [0.4, 0.5) is 5.69 Å². The largest absolute Gasteiger partial charge is 0.463 e. The molecule has 2 aromatic carbocycles. The van der Waals surface area contributed by atoms with Crippen LogP contribution in [0.2, 0.25) is 0 Å². The third-order valence-electron chi connectivity index (χ3n) is 3.19. The summed E-state index contributed by atoms with van der Waals surface area (Å²) in [4.78, 5) is 11.5. The third kappa shape index (κ3) is 4.96. The molecule has 1 N–H and O–H groups in total. The maximum absolute atomic E-state index is 12.3. The zero-order valence-electron chi connectivity index (χ0n) is 13.5. The van der Waals surface area contributed by atoms with E-state index in [1.807, 2.05) is 6.92 Å². The summed E-state index contributed by atoms with van der Waals surface area (Å²) >= 11 is 0. The molecule has 0 unspecified atom stereocenters. The predicted octanol–water partition coefficient (Wildman–Crippen LogP) is 3.37. The third-order valence-corrected chi connectivity index (χ3v) is 4.59. The number of anilines is 1. The van der Waals surface area contributed by atoms with Crippen molar-refractivity contribution in [3.8, 4) is 0 Å². The van der Waals surface area contributed by atoms with E-state index < -0.39 is 16.0 Å². The summed E-state index contributed by atoms with van der Waals surface area (Å²) in [6, 6.07) is 13.3. The van der Waals surface area contributed by atoms with Crippen molar-refractivity contribution in [3.63, 3.8) is 0 Å². The molecule has 0 aliphatic carbocycles. The molecule has 5 nitrogen and oxygen atoms in total. The van der Waals surface area contributed by atoms with E-state index in [0.717, 1.165) is 11.1 Å². The second-order valence-electron chi connectivity index (χ2n) is 5.13. The van der Waals surface area contributed by atoms with Gasteiger partial charge in [0.1, 0.15) is 0 Å². The topological polar surface area (TPSA) is 72.5 Å². The Bertz CT molecular complexity index is 822. The summed E-state index contributed by atoms with van der Waals surface area (Å²) in [5, 5.41) is 0. The van der Waals surface area contributed by atoms with E-state index in [1.165, 1.54) is 6.08 Å². The van der Waals surface area contributed by atoms with Crippen LogP contribution in [0.15, 0.2) is 59.5 Å². The van der Waals surface area contributed by atoms with Crippen molar-refractivity contribution in [3.05, 3.63) is 65.7 Å². The van der Waals surface area contributed by atoms with Gasteiger partial charge in [0, 0.05) is 11.8 Å². The van der Waals surface area contributed by atoms with E-state index in [9.17, 15) is 13.2 Å². The number of ether oxygens (including phenoxy) is 1. The molecule has 0 spiro atoms. The fourth-order valence-electron chi connectivity index (χ4n) is 1.95. The molecular formula is C18H19NO4S. The first kappa shape index (κ1) is 17.7. The molecule has 2 rings (SSSR count). The van der Waals surface area contributed by atoms with Crippen molar-refractivity contribution in [1.82, 2.24) is 0 Å². The van der Waals surface area contributed by atoms with Crippen LogP contribution in [0.1, 0.15) is 18.1 Å². The van der Waals surface area contributed by atoms with Gasteiger partial charge in [0.25, 0.3) is 10.0 Å². The van der Waals surface area contributed by atoms with Gasteiger partial charge in [0.2, 0.25) is 0 Å². The molecule has 0 saturated carbocycles. The Morgan fingerprint density at radius 1 is 1.08 bits per heavy atom. The molecular weight excluding hydrogens is 326 g/mol. The van der Waals surface area contributed by atoms with Gasteiger partial charge in [-0.05, 0) is 49.8 Å². The van der Waals surface area contributed by atoms with Crippen LogP contribution in [-0.4, -0.2) is 21.0 Å². The Hall–Kier alpha value is -2.60. The summed E-state index contributed by atoms with van der Waals surface area (Å²) in [7, 11) is -3.62. The number of carbonyl (C=O) groups excluding carboxylic acids is 1. The van der Waals surface area contributed by atoms with Crippen molar-refractivity contribution in [2.75, 3.05) is 11.3 Å². The highest BCUT2D eigenvalue weighted by molar-refractivity contribution is 7.92. The molecule has 0 heterocycles. The minimum atomic E-state index is -3.62. The number of hydrogen-bond donors (Lipinski definition) is 1. The summed E-state index contributed by atoms with van der Waals surface area (Å²) < 4.78 is 31.9. The molecule has 126 valence electrons. The lowest BCUT2D eigenvalue weighted by Gasteiger charge is -2.08. The van der Waals surface area contributed by atoms with Crippen molar-refractivity contribution < 1.29 is 17.9 Å². The van der Waals surface area contributed by atoms with Gasteiger partial charge < -0.3 is 4.74 Å². The molecule has 0 radical (unpaired) electrons. The highest BCUT2D eigenvalue weighted by Gasteiger charge is 2.13. The normalized spacial score (nSPS) is 11.4. The SMILES string of the molecule is CCOC(=O)/C=C/c1ccc(NS(=O)(=O)c2ccc(C)cc2)cc1. The van der Waals surface area contributed by atoms with Gasteiger partial charge in [-0.25, -0.2) is 13.2 Å². The molecule has 0 aromatic heterocycles. The van der Waals surface area contributed by atoms with Crippen molar-refractivity contribution in [1.29, 1.82) is 0 Å². The van der Waals surface area contributed by atoms with Gasteiger partial charge >= 0.3 is 5.97 Å². The number of benzene rings is 2. The van der Waals surface area contributed by atoms with Crippen molar-refractivity contribution >= 4 is 27.8 Å². The van der Waals surface area contributed by atoms with Gasteiger partial charge in [0.05, 0.1) is 11.5 Å². The van der Waals surface area contributed by atoms with Crippen LogP contribution in [0, 0.1) is 6.92 Å². The molecule has 0 aliphatic heterocycles. The van der Waals surface area contributed by atoms with Crippen LogP contribution in [0.3, 0.4) is 0 Å². The van der Waals surface area contributed by atoms with Crippen LogP contribution < -0.4 is 4.72 Å². The molecule has 0 atom stereocenters. The highest BCUT2D eigenvalue weighted by Crippen LogP contribution is 2.17. The minimum absolute atomic E-state index is 0.208. The summed E-state index contributed by atoms with van der Waals surface area (Å²) in [5.41, 5.74) is 2.21. The average Bonchev–Trinajstić information content (AvgIpc) is 2.54. The van der Waals surface area contributed by atoms with Crippen molar-refractivity contribution in [2.24, 2.45) is 0 Å². The molecule has 2 aromatic rings. The van der Waals surface area contributed by atoms with E-state index in [1.54, 1.807) is 61.5 Å². The first-order chi connectivity index (χ1) is 11.4. The van der Waals surface area contributed by atoms with E-state index in [0.29, 0.717) is 12.3 Å². The maximum atomic E-state index is 12.3. The first-order valence-electron chi connectivity index (χ1n) is 7.45. The standard InChI is InChI=1S/C18H19NO4S/c1-3-23-18(20)13-8-15-6-9-16(10-7-15)19-24(21,22)17-11-4-14(2)5-12-17/h4-13,19H,3H2,1-2H3/b13-8+. The smallest absolute Gasteiger partial charge is 0.330 e. The highest BCUT2D eigenvalue weighted by atomic mass is 32.2. The Kier molecular flexibility index (Phi) is 5.76. The van der Waals surface area contributed by atoms with Gasteiger partial charge in [-0.15, -0.1) is 0 Å². The van der Waals surface area contributed by atoms with E-state index in [-0.39, 0.29) is 4.90 Å². The quantitative estimate of drug-likeness (QED) is 0.643. The minimum Gasteiger partial charge on any atom is -0.463 e. The number of rotatable bonds is 6. The molecule has 0 bridgehead atoms. The fraction of sp³-hybridized carbons (Fsp3) is 0.167. The van der Waals surface area contributed by atoms with E-state index >= 15 is 0 Å². The summed E-state index contributed by atoms with van der Waals surface area (Å²) in [6.45, 7) is 3.95. The van der Waals surface area contributed by atoms with Gasteiger partial charge in [0.15, 0.2) is 0 Å². The Morgan fingerprint density at radius 2 is 1.71 bits per heavy atom. The van der Waals surface area contributed by atoms with Gasteiger partial charge in [-0.3, -0.25) is 4.72 Å². The number of aryl methyl sites for hydroxylation is 1. The first-order valence-corrected chi connectivity index (χ1v) is 8.93. The lowest BCUT2D eigenvalue weighted by molar-refractivity contribution is -0.137. The molecule has 0 amide bonds. The monoisotopic (exact) mass is 345 g/mol. The van der Waals surface area contributed by atoms with E-state index in [2.05, 4.69) is 4.72 Å². The number of hydrogen-bond acceptors (Lipinski definition) is 4. The van der Waals surface area contributed by atoms with Crippen LogP contribution in [0.5, 0.6) is 0 Å². The average molecular weight is 345 g/mol. The predicted molar refractivity (Wildman–Crippen MR) is 94.1 cm³/mol. The molecule has 0 fully saturated rings. The van der Waals surface area contributed by atoms with E-state index in [4.69, 9.17) is 4.74 Å². The lowest BCUT2D eigenvalue weighted by Crippen LogP contribution is -2.12. The van der Waals surface area contributed by atoms with Gasteiger partial charge in [-0.2, -0.15) is 0 Å². The van der Waals surface area contributed by atoms with Crippen LogP contribution in [-0.2, 0) is 19.6 Å². The Labute approximate surface area is 142 Å². The van der Waals surface area contributed by atoms with Crippen LogP contribution in [0.25, 0.3) is 6.08 Å². The molecule has 24 heavy (non-hydrogen) atoms. The Morgan fingerprint density at radius 3 is 2.29 bits per heavy atom. The number of sulfonamides is 1. The number of esters is 1. The second kappa shape index (κ2) is 7.79. The zero-order valence-corrected chi connectivity index (χ0v) is 14.3. The molecule has 6 heteroatoms. The maximum Gasteiger partial charge on any atom is 0.330 e. The fourth-order valence-corrected chi connectivity index (χ4v) is 3.01. The second-order valence-corrected chi connectivity index (χ2v) is 6.81. The molecule has 0 saturated heterocycles. The Balaban J connectivity index is 2.08. The molecule has 0 aliphatic rings. The summed E-state index contributed by atoms with van der Waals surface area (Å²) in [6.07, 6.45) is 2.94.